The fourth-order valence-electron chi connectivity index (χ4n) is 1.99. The number of rotatable bonds is 4. The topological polar surface area (TPSA) is 38.3 Å². The zero-order valence-electron chi connectivity index (χ0n) is 10.7. The lowest BCUT2D eigenvalue weighted by molar-refractivity contribution is 0.264. The fourth-order valence-corrected chi connectivity index (χ4v) is 2.51. The Bertz CT molecular complexity index is 332. The molecule has 0 aliphatic carbocycles. The largest absolute Gasteiger partial charge is 0.474 e. The molecule has 2 rings (SSSR count). The highest BCUT2D eigenvalue weighted by Crippen LogP contribution is 2.28. The summed E-state index contributed by atoms with van der Waals surface area (Å²) >= 11 is 1.25. The highest BCUT2D eigenvalue weighted by Gasteiger charge is 2.18. The second kappa shape index (κ2) is 6.19. The summed E-state index contributed by atoms with van der Waals surface area (Å²) in [4.78, 5) is 2.33. The first kappa shape index (κ1) is 12.6. The molecule has 4 nitrogen and oxygen atoms in total. The molecule has 17 heavy (non-hydrogen) atoms. The SMILES string of the molecule is CC(C)COc1nsnc1N1CCCCCC1. The first-order valence-corrected chi connectivity index (χ1v) is 7.20. The van der Waals surface area contributed by atoms with Gasteiger partial charge in [0.1, 0.15) is 0 Å². The predicted molar refractivity (Wildman–Crippen MR) is 70.9 cm³/mol. The molecular formula is C12H21N3OS. The zero-order chi connectivity index (χ0) is 12.1. The van der Waals surface area contributed by atoms with Crippen LogP contribution in [-0.2, 0) is 0 Å². The van der Waals surface area contributed by atoms with Crippen molar-refractivity contribution in [3.8, 4) is 5.88 Å². The van der Waals surface area contributed by atoms with Crippen molar-refractivity contribution in [3.05, 3.63) is 0 Å². The third-order valence-electron chi connectivity index (χ3n) is 2.90. The first-order valence-electron chi connectivity index (χ1n) is 6.47. The minimum absolute atomic E-state index is 0.522. The Morgan fingerprint density at radius 3 is 2.53 bits per heavy atom. The average Bonchev–Trinajstić information content (AvgIpc) is 2.60. The minimum atomic E-state index is 0.522. The number of hydrogen-bond acceptors (Lipinski definition) is 5. The smallest absolute Gasteiger partial charge is 0.270 e. The molecule has 0 radical (unpaired) electrons. The first-order chi connectivity index (χ1) is 8.27. The van der Waals surface area contributed by atoms with Gasteiger partial charge in [0.05, 0.1) is 18.3 Å². The lowest BCUT2D eigenvalue weighted by Gasteiger charge is -2.20. The molecule has 1 aliphatic rings. The van der Waals surface area contributed by atoms with Gasteiger partial charge in [-0.1, -0.05) is 26.7 Å². The van der Waals surface area contributed by atoms with E-state index in [1.54, 1.807) is 0 Å². The Morgan fingerprint density at radius 1 is 1.18 bits per heavy atom. The highest BCUT2D eigenvalue weighted by molar-refractivity contribution is 6.99. The van der Waals surface area contributed by atoms with Crippen LogP contribution in [0.5, 0.6) is 5.88 Å². The van der Waals surface area contributed by atoms with Crippen molar-refractivity contribution < 1.29 is 4.74 Å². The standard InChI is InChI=1S/C12H21N3OS/c1-10(2)9-16-12-11(13-17-14-12)15-7-5-3-4-6-8-15/h10H,3-9H2,1-2H3. The quantitative estimate of drug-likeness (QED) is 0.829. The van der Waals surface area contributed by atoms with E-state index in [0.29, 0.717) is 12.5 Å². The number of hydrogen-bond donors (Lipinski definition) is 0. The Balaban J connectivity index is 2.01. The van der Waals surface area contributed by atoms with Crippen LogP contribution in [0.25, 0.3) is 0 Å². The van der Waals surface area contributed by atoms with Crippen molar-refractivity contribution >= 4 is 17.5 Å². The summed E-state index contributed by atoms with van der Waals surface area (Å²) < 4.78 is 14.4. The van der Waals surface area contributed by atoms with E-state index in [1.165, 1.54) is 37.4 Å². The molecule has 0 N–H and O–H groups in total. The maximum Gasteiger partial charge on any atom is 0.270 e. The van der Waals surface area contributed by atoms with Crippen molar-refractivity contribution in [2.75, 3.05) is 24.6 Å². The molecule has 1 aromatic rings. The van der Waals surface area contributed by atoms with Gasteiger partial charge in [-0.15, -0.1) is 4.37 Å². The summed E-state index contributed by atoms with van der Waals surface area (Å²) in [6.07, 6.45) is 5.16. The van der Waals surface area contributed by atoms with Crippen LogP contribution < -0.4 is 9.64 Å². The molecule has 1 saturated heterocycles. The summed E-state index contributed by atoms with van der Waals surface area (Å²) in [5.74, 6) is 2.21. The van der Waals surface area contributed by atoms with Gasteiger partial charge >= 0.3 is 0 Å². The monoisotopic (exact) mass is 255 g/mol. The summed E-state index contributed by atoms with van der Waals surface area (Å²) in [5.41, 5.74) is 0. The van der Waals surface area contributed by atoms with E-state index in [2.05, 4.69) is 27.5 Å². The van der Waals surface area contributed by atoms with Gasteiger partial charge in [-0.3, -0.25) is 0 Å². The van der Waals surface area contributed by atoms with Crippen LogP contribution in [0.15, 0.2) is 0 Å². The van der Waals surface area contributed by atoms with Gasteiger partial charge in [-0.2, -0.15) is 4.37 Å². The second-order valence-electron chi connectivity index (χ2n) is 5.00. The van der Waals surface area contributed by atoms with Crippen molar-refractivity contribution in [3.63, 3.8) is 0 Å². The maximum atomic E-state index is 5.73. The number of anilines is 1. The van der Waals surface area contributed by atoms with Crippen LogP contribution >= 0.6 is 11.7 Å². The summed E-state index contributed by atoms with van der Waals surface area (Å²) in [7, 11) is 0. The third kappa shape index (κ3) is 3.56. The van der Waals surface area contributed by atoms with E-state index < -0.39 is 0 Å². The molecule has 96 valence electrons. The van der Waals surface area contributed by atoms with E-state index in [0.717, 1.165) is 24.8 Å². The normalized spacial score (nSPS) is 17.2. The lowest BCUT2D eigenvalue weighted by Crippen LogP contribution is -2.25. The van der Waals surface area contributed by atoms with Gasteiger partial charge in [0.25, 0.3) is 5.88 Å². The van der Waals surface area contributed by atoms with Crippen LogP contribution in [0, 0.1) is 5.92 Å². The fraction of sp³-hybridized carbons (Fsp3) is 0.833. The Kier molecular flexibility index (Phi) is 4.59. The molecule has 0 spiro atoms. The van der Waals surface area contributed by atoms with E-state index >= 15 is 0 Å². The van der Waals surface area contributed by atoms with Gasteiger partial charge in [-0.05, 0) is 18.8 Å². The van der Waals surface area contributed by atoms with Crippen molar-refractivity contribution in [1.82, 2.24) is 8.75 Å². The van der Waals surface area contributed by atoms with E-state index in [9.17, 15) is 0 Å². The second-order valence-corrected chi connectivity index (χ2v) is 5.53. The lowest BCUT2D eigenvalue weighted by atomic mass is 10.2. The molecule has 0 unspecified atom stereocenters. The molecule has 1 aliphatic heterocycles. The van der Waals surface area contributed by atoms with Crippen molar-refractivity contribution in [1.29, 1.82) is 0 Å². The number of aromatic nitrogens is 2. The predicted octanol–water partition coefficient (Wildman–Crippen LogP) is 2.95. The van der Waals surface area contributed by atoms with Crippen LogP contribution in [0.3, 0.4) is 0 Å². The Hall–Kier alpha value is -0.840. The zero-order valence-corrected chi connectivity index (χ0v) is 11.5. The van der Waals surface area contributed by atoms with Crippen molar-refractivity contribution in [2.24, 2.45) is 5.92 Å². The van der Waals surface area contributed by atoms with Crippen molar-refractivity contribution in [2.45, 2.75) is 39.5 Å². The molecular weight excluding hydrogens is 234 g/mol. The highest BCUT2D eigenvalue weighted by atomic mass is 32.1. The maximum absolute atomic E-state index is 5.73. The summed E-state index contributed by atoms with van der Waals surface area (Å²) in [5, 5.41) is 0. The van der Waals surface area contributed by atoms with E-state index in [4.69, 9.17) is 4.74 Å². The van der Waals surface area contributed by atoms with Gasteiger partial charge in [0.15, 0.2) is 0 Å². The summed E-state index contributed by atoms with van der Waals surface area (Å²) in [6, 6.07) is 0. The van der Waals surface area contributed by atoms with Crippen LogP contribution in [0.1, 0.15) is 39.5 Å². The number of nitrogens with zero attached hydrogens (tertiary/aromatic N) is 3. The molecule has 1 aromatic heterocycles. The van der Waals surface area contributed by atoms with Crippen LogP contribution in [0.2, 0.25) is 0 Å². The number of ether oxygens (including phenoxy) is 1. The molecule has 5 heteroatoms. The molecule has 0 saturated carbocycles. The third-order valence-corrected chi connectivity index (χ3v) is 3.40. The van der Waals surface area contributed by atoms with Crippen LogP contribution in [-0.4, -0.2) is 28.4 Å². The molecule has 2 heterocycles. The molecule has 0 bridgehead atoms. The van der Waals surface area contributed by atoms with E-state index in [1.807, 2.05) is 0 Å². The minimum Gasteiger partial charge on any atom is -0.474 e. The van der Waals surface area contributed by atoms with Gasteiger partial charge in [-0.25, -0.2) is 0 Å². The molecule has 1 fully saturated rings. The Labute approximate surface area is 107 Å². The summed E-state index contributed by atoms with van der Waals surface area (Å²) in [6.45, 7) is 7.18. The molecule has 0 atom stereocenters. The molecule has 0 amide bonds. The average molecular weight is 255 g/mol. The molecule has 0 aromatic carbocycles. The van der Waals surface area contributed by atoms with Gasteiger partial charge < -0.3 is 9.64 Å². The van der Waals surface area contributed by atoms with Gasteiger partial charge in [0.2, 0.25) is 5.82 Å². The Morgan fingerprint density at radius 2 is 1.88 bits per heavy atom. The van der Waals surface area contributed by atoms with Crippen LogP contribution in [0.4, 0.5) is 5.82 Å². The van der Waals surface area contributed by atoms with Gasteiger partial charge in [0, 0.05) is 13.1 Å². The van der Waals surface area contributed by atoms with E-state index in [-0.39, 0.29) is 0 Å².